The summed E-state index contributed by atoms with van der Waals surface area (Å²) in [5, 5.41) is 11.2. The molecule has 1 aliphatic carbocycles. The van der Waals surface area contributed by atoms with E-state index in [0.29, 0.717) is 53.8 Å². The van der Waals surface area contributed by atoms with Crippen LogP contribution in [-0.4, -0.2) is 83.9 Å². The molecular weight excluding hydrogens is 601 g/mol. The number of amides is 2. The van der Waals surface area contributed by atoms with Crippen molar-refractivity contribution in [3.8, 4) is 17.0 Å². The molecule has 1 aromatic carbocycles. The molecule has 2 unspecified atom stereocenters. The number of pyridine rings is 2. The lowest BCUT2D eigenvalue weighted by molar-refractivity contribution is 0.122. The first kappa shape index (κ1) is 27.1. The zero-order chi connectivity index (χ0) is 30.7. The third-order valence-corrected chi connectivity index (χ3v) is 11.3. The molecule has 10 rings (SSSR count). The molecular formula is C32H30FN5O6S. The van der Waals surface area contributed by atoms with Gasteiger partial charge in [-0.3, -0.25) is 14.1 Å². The second kappa shape index (κ2) is 9.62. The fourth-order valence-electron chi connectivity index (χ4n) is 8.51. The van der Waals surface area contributed by atoms with Crippen LogP contribution in [0.1, 0.15) is 49.0 Å². The minimum atomic E-state index is -1.59. The van der Waals surface area contributed by atoms with E-state index in [2.05, 4.69) is 14.5 Å². The molecule has 5 fully saturated rings. The van der Waals surface area contributed by atoms with E-state index in [9.17, 15) is 18.9 Å². The maximum absolute atomic E-state index is 16.7. The van der Waals surface area contributed by atoms with Crippen LogP contribution in [0.4, 0.5) is 14.0 Å². The smallest absolute Gasteiger partial charge is 0.410 e. The van der Waals surface area contributed by atoms with Gasteiger partial charge >= 0.3 is 12.2 Å². The Balaban J connectivity index is 1.32. The van der Waals surface area contributed by atoms with E-state index >= 15 is 4.39 Å². The van der Waals surface area contributed by atoms with Gasteiger partial charge in [0.1, 0.15) is 28.6 Å². The third-order valence-electron chi connectivity index (χ3n) is 10.5. The number of para-hydroxylation sites is 1. The molecule has 8 heterocycles. The van der Waals surface area contributed by atoms with Crippen molar-refractivity contribution in [2.24, 2.45) is 5.92 Å². The Labute approximate surface area is 259 Å². The lowest BCUT2D eigenvalue weighted by atomic mass is 9.79. The Morgan fingerprint density at radius 3 is 2.87 bits per heavy atom. The molecule has 3 aromatic heterocycles. The Hall–Kier alpha value is -4.26. The molecule has 45 heavy (non-hydrogen) atoms. The van der Waals surface area contributed by atoms with Crippen molar-refractivity contribution in [2.45, 2.75) is 61.3 Å². The maximum Gasteiger partial charge on any atom is 0.410 e. The number of carbonyl (C=O) groups excluding carboxylic acids is 1. The minimum Gasteiger partial charge on any atom is -0.493 e. The number of carbonyl (C=O) groups is 2. The topological polar surface area (TPSA) is 127 Å². The first-order valence-corrected chi connectivity index (χ1v) is 16.9. The van der Waals surface area contributed by atoms with Crippen molar-refractivity contribution >= 4 is 44.8 Å². The predicted octanol–water partition coefficient (Wildman–Crippen LogP) is 5.03. The number of carboxylic acid groups (broad SMARTS) is 1. The summed E-state index contributed by atoms with van der Waals surface area (Å²) in [6, 6.07) is 6.69. The highest BCUT2D eigenvalue weighted by Gasteiger charge is 2.56. The summed E-state index contributed by atoms with van der Waals surface area (Å²) in [7, 11) is -1.59. The third kappa shape index (κ3) is 3.70. The van der Waals surface area contributed by atoms with Crippen LogP contribution in [-0.2, 0) is 22.0 Å². The normalized spacial score (nSPS) is 27.3. The van der Waals surface area contributed by atoms with E-state index in [1.807, 2.05) is 18.2 Å². The van der Waals surface area contributed by atoms with Gasteiger partial charge in [-0.25, -0.2) is 19.0 Å². The molecule has 0 spiro atoms. The van der Waals surface area contributed by atoms with Gasteiger partial charge in [0, 0.05) is 46.9 Å². The van der Waals surface area contributed by atoms with Gasteiger partial charge in [0.15, 0.2) is 5.82 Å². The van der Waals surface area contributed by atoms with Crippen molar-refractivity contribution in [1.82, 2.24) is 24.3 Å². The van der Waals surface area contributed by atoms with Crippen LogP contribution in [0, 0.1) is 11.7 Å². The molecule has 6 atom stereocenters. The summed E-state index contributed by atoms with van der Waals surface area (Å²) in [6.07, 6.45) is 5.69. The van der Waals surface area contributed by atoms with Crippen molar-refractivity contribution in [1.29, 1.82) is 0 Å². The summed E-state index contributed by atoms with van der Waals surface area (Å²) in [5.74, 6) is 0.0337. The quantitative estimate of drug-likeness (QED) is 0.332. The van der Waals surface area contributed by atoms with Gasteiger partial charge in [-0.2, -0.15) is 0 Å². The zero-order valence-corrected chi connectivity index (χ0v) is 25.3. The second-order valence-corrected chi connectivity index (χ2v) is 14.0. The van der Waals surface area contributed by atoms with E-state index < -0.39 is 22.7 Å². The summed E-state index contributed by atoms with van der Waals surface area (Å²) in [6.45, 7) is 1.27. The van der Waals surface area contributed by atoms with E-state index in [-0.39, 0.29) is 52.4 Å². The molecule has 6 aliphatic rings. The number of ether oxygens (including phenoxy) is 2. The molecule has 232 valence electrons. The highest BCUT2D eigenvalue weighted by molar-refractivity contribution is 7.84. The molecule has 1 saturated carbocycles. The van der Waals surface area contributed by atoms with Crippen LogP contribution in [0.2, 0.25) is 0 Å². The lowest BCUT2D eigenvalue weighted by Gasteiger charge is -2.40. The van der Waals surface area contributed by atoms with Crippen LogP contribution >= 0.6 is 0 Å². The lowest BCUT2D eigenvalue weighted by Crippen LogP contribution is -2.43. The fourth-order valence-corrected chi connectivity index (χ4v) is 9.20. The Kier molecular flexibility index (Phi) is 5.79. The molecule has 1 N–H and O–H groups in total. The van der Waals surface area contributed by atoms with Crippen molar-refractivity contribution in [3.05, 3.63) is 47.5 Å². The van der Waals surface area contributed by atoms with E-state index in [1.54, 1.807) is 17.2 Å². The number of halogens is 1. The molecule has 4 aromatic rings. The fraction of sp³-hybridized carbons (Fsp3) is 0.438. The number of aryl methyl sites for hydroxylation is 1. The Morgan fingerprint density at radius 1 is 1.20 bits per heavy atom. The van der Waals surface area contributed by atoms with Gasteiger partial charge in [-0.15, -0.1) is 0 Å². The number of hydrogen-bond acceptors (Lipinski definition) is 7. The van der Waals surface area contributed by atoms with Gasteiger partial charge in [0.2, 0.25) is 0 Å². The summed E-state index contributed by atoms with van der Waals surface area (Å²) in [4.78, 5) is 37.6. The number of cyclic esters (lactones) is 1. The van der Waals surface area contributed by atoms with Gasteiger partial charge in [0.05, 0.1) is 47.1 Å². The largest absolute Gasteiger partial charge is 0.493 e. The SMILES string of the molecule is CS(=O)c1nc2c(F)c(-c3cccc4c3OCCC4)ncc2c2c1cc(C1CC[C@H]3COC(=O)N13)n2[C@H]1[C@@H]2C[C@H]1N(C(=O)O)C2. The number of fused-ring (bicyclic) bond motifs is 6. The zero-order valence-electron chi connectivity index (χ0n) is 24.4. The minimum absolute atomic E-state index is 0.0436. The van der Waals surface area contributed by atoms with Crippen molar-refractivity contribution in [3.63, 3.8) is 0 Å². The number of hydrogen-bond donors (Lipinski definition) is 1. The van der Waals surface area contributed by atoms with E-state index in [1.165, 1.54) is 11.2 Å². The summed E-state index contributed by atoms with van der Waals surface area (Å²) >= 11 is 0. The number of benzene rings is 1. The molecule has 2 amide bonds. The number of rotatable bonds is 4. The maximum atomic E-state index is 16.7. The first-order chi connectivity index (χ1) is 21.8. The van der Waals surface area contributed by atoms with Gasteiger partial charge in [-0.1, -0.05) is 12.1 Å². The molecule has 4 saturated heterocycles. The average Bonchev–Trinajstić information content (AvgIpc) is 3.84. The number of nitrogens with zero attached hydrogens (tertiary/aromatic N) is 5. The highest BCUT2D eigenvalue weighted by atomic mass is 32.2. The van der Waals surface area contributed by atoms with Crippen molar-refractivity contribution < 1.29 is 32.8 Å². The van der Waals surface area contributed by atoms with Crippen LogP contribution in [0.15, 0.2) is 35.5 Å². The summed E-state index contributed by atoms with van der Waals surface area (Å²) < 4.78 is 43.5. The summed E-state index contributed by atoms with van der Waals surface area (Å²) in [5.41, 5.74) is 3.11. The molecule has 5 aliphatic heterocycles. The first-order valence-electron chi connectivity index (χ1n) is 15.4. The standard InChI is InChI=1S/C32H30FN5O6S/c1-45(42)30-19-11-22(21-8-7-17-14-44-32(41)37(17)21)38(27-16-10-23(27)36(13-16)31(39)40)28(19)20-12-34-25(24(33)26(20)35-30)18-6-2-4-15-5-3-9-43-29(15)18/h2,4,6,11-12,16-17,21,23,27H,3,5,7-10,13-14H2,1H3,(H,39,40)/t16-,17+,21?,23-,27+,45?/m1/s1. The van der Waals surface area contributed by atoms with Gasteiger partial charge in [-0.05, 0) is 49.8 Å². The van der Waals surface area contributed by atoms with Gasteiger partial charge < -0.3 is 24.0 Å². The average molecular weight is 632 g/mol. The highest BCUT2D eigenvalue weighted by Crippen LogP contribution is 2.54. The van der Waals surface area contributed by atoms with Gasteiger partial charge in [0.25, 0.3) is 0 Å². The molecule has 11 nitrogen and oxygen atoms in total. The van der Waals surface area contributed by atoms with Crippen LogP contribution in [0.5, 0.6) is 5.75 Å². The molecule has 2 bridgehead atoms. The predicted molar refractivity (Wildman–Crippen MR) is 161 cm³/mol. The van der Waals surface area contributed by atoms with Crippen LogP contribution in [0.3, 0.4) is 0 Å². The monoisotopic (exact) mass is 631 g/mol. The molecule has 13 heteroatoms. The Morgan fingerprint density at radius 2 is 2.07 bits per heavy atom. The Bertz CT molecular complexity index is 2000. The van der Waals surface area contributed by atoms with Crippen LogP contribution in [0.25, 0.3) is 33.1 Å². The second-order valence-electron chi connectivity index (χ2n) is 12.7. The number of aromatic nitrogens is 3. The van der Waals surface area contributed by atoms with Crippen molar-refractivity contribution in [2.75, 3.05) is 26.0 Å². The van der Waals surface area contributed by atoms with E-state index in [0.717, 1.165) is 36.9 Å². The van der Waals surface area contributed by atoms with Crippen LogP contribution < -0.4 is 4.74 Å². The molecule has 0 radical (unpaired) electrons. The van der Waals surface area contributed by atoms with E-state index in [4.69, 9.17) is 9.47 Å².